The number of nitrogens with zero attached hydrogens (tertiary/aromatic N) is 1. The summed E-state index contributed by atoms with van der Waals surface area (Å²) >= 11 is 5.93. The Hall–Kier alpha value is -2.81. The molecule has 2 amide bonds. The summed E-state index contributed by atoms with van der Waals surface area (Å²) < 4.78 is 16.8. The standard InChI is InChI=1S/C27H37ClN2O6/c1-3-5-6-17-34-18-15-30(27(33)29-23-11-9-22(28)10-12-23)16-19-36-24-13-7-21(8-14-24)20-25(26(31)32)35-4-2/h7-14,25H,3-6,15-20H2,1-2H3,(H,29,33)(H,31,32). The predicted octanol–water partition coefficient (Wildman–Crippen LogP) is 5.49. The number of halogens is 1. The maximum absolute atomic E-state index is 12.9. The van der Waals surface area contributed by atoms with E-state index in [0.29, 0.717) is 56.0 Å². The van der Waals surface area contributed by atoms with Crippen LogP contribution < -0.4 is 10.1 Å². The number of benzene rings is 2. The number of carbonyl (C=O) groups is 2. The number of hydrogen-bond donors (Lipinski definition) is 2. The van der Waals surface area contributed by atoms with Gasteiger partial charge in [0.05, 0.1) is 13.2 Å². The van der Waals surface area contributed by atoms with Crippen LogP contribution in [0.25, 0.3) is 0 Å². The largest absolute Gasteiger partial charge is 0.492 e. The minimum absolute atomic E-state index is 0.246. The quantitative estimate of drug-likeness (QED) is 0.268. The first-order valence-electron chi connectivity index (χ1n) is 12.4. The van der Waals surface area contributed by atoms with Gasteiger partial charge in [-0.15, -0.1) is 0 Å². The molecule has 0 aromatic heterocycles. The maximum atomic E-state index is 12.9. The monoisotopic (exact) mass is 520 g/mol. The minimum atomic E-state index is -0.983. The number of urea groups is 1. The van der Waals surface area contributed by atoms with Gasteiger partial charge in [-0.2, -0.15) is 0 Å². The third kappa shape index (κ3) is 11.3. The van der Waals surface area contributed by atoms with Crippen LogP contribution in [0.2, 0.25) is 5.02 Å². The van der Waals surface area contributed by atoms with E-state index in [4.69, 9.17) is 25.8 Å². The van der Waals surface area contributed by atoms with Gasteiger partial charge in [-0.25, -0.2) is 9.59 Å². The van der Waals surface area contributed by atoms with Gasteiger partial charge in [0, 0.05) is 36.9 Å². The molecule has 0 bridgehead atoms. The lowest BCUT2D eigenvalue weighted by Gasteiger charge is -2.23. The first-order valence-corrected chi connectivity index (χ1v) is 12.8. The van der Waals surface area contributed by atoms with Crippen molar-refractivity contribution < 1.29 is 28.9 Å². The van der Waals surface area contributed by atoms with E-state index in [0.717, 1.165) is 24.8 Å². The number of aliphatic carboxylic acids is 1. The number of ether oxygens (including phenoxy) is 3. The fraction of sp³-hybridized carbons (Fsp3) is 0.481. The summed E-state index contributed by atoms with van der Waals surface area (Å²) in [5.74, 6) is -0.348. The van der Waals surface area contributed by atoms with E-state index in [1.165, 1.54) is 0 Å². The maximum Gasteiger partial charge on any atom is 0.333 e. The van der Waals surface area contributed by atoms with Crippen LogP contribution in [0.5, 0.6) is 5.75 Å². The van der Waals surface area contributed by atoms with Crippen molar-refractivity contribution in [3.05, 3.63) is 59.1 Å². The molecule has 2 aromatic rings. The zero-order valence-electron chi connectivity index (χ0n) is 21.1. The molecule has 8 nitrogen and oxygen atoms in total. The van der Waals surface area contributed by atoms with Gasteiger partial charge in [0.1, 0.15) is 12.4 Å². The molecule has 0 radical (unpaired) electrons. The van der Waals surface area contributed by atoms with Crippen molar-refractivity contribution in [2.24, 2.45) is 0 Å². The van der Waals surface area contributed by atoms with Gasteiger partial charge in [-0.1, -0.05) is 43.5 Å². The average molecular weight is 521 g/mol. The van der Waals surface area contributed by atoms with Crippen LogP contribution in [0.1, 0.15) is 38.7 Å². The second kappa shape index (κ2) is 16.8. The third-order valence-corrected chi connectivity index (χ3v) is 5.65. The Bertz CT molecular complexity index is 907. The van der Waals surface area contributed by atoms with Crippen molar-refractivity contribution in [1.29, 1.82) is 0 Å². The highest BCUT2D eigenvalue weighted by Crippen LogP contribution is 2.16. The zero-order valence-corrected chi connectivity index (χ0v) is 21.8. The van der Waals surface area contributed by atoms with Gasteiger partial charge in [-0.05, 0) is 55.3 Å². The smallest absolute Gasteiger partial charge is 0.333 e. The van der Waals surface area contributed by atoms with Crippen molar-refractivity contribution in [2.45, 2.75) is 45.6 Å². The number of amides is 2. The number of carbonyl (C=O) groups excluding carboxylic acids is 1. The molecule has 2 aromatic carbocycles. The molecule has 1 unspecified atom stereocenters. The number of nitrogens with one attached hydrogen (secondary N) is 1. The van der Waals surface area contributed by atoms with Crippen molar-refractivity contribution in [1.82, 2.24) is 4.90 Å². The summed E-state index contributed by atoms with van der Waals surface area (Å²) in [6.45, 7) is 6.46. The molecule has 0 saturated heterocycles. The Morgan fingerprint density at radius 1 is 0.972 bits per heavy atom. The van der Waals surface area contributed by atoms with E-state index in [9.17, 15) is 14.7 Å². The summed E-state index contributed by atoms with van der Waals surface area (Å²) in [7, 11) is 0. The van der Waals surface area contributed by atoms with E-state index >= 15 is 0 Å². The molecular formula is C27H37ClN2O6. The summed E-state index contributed by atoms with van der Waals surface area (Å²) in [5.41, 5.74) is 1.49. The molecule has 2 rings (SSSR count). The highest BCUT2D eigenvalue weighted by atomic mass is 35.5. The summed E-state index contributed by atoms with van der Waals surface area (Å²) in [4.78, 5) is 25.8. The van der Waals surface area contributed by atoms with Crippen LogP contribution >= 0.6 is 11.6 Å². The van der Waals surface area contributed by atoms with Crippen molar-refractivity contribution >= 4 is 29.3 Å². The number of carboxylic acids is 1. The average Bonchev–Trinajstić information content (AvgIpc) is 2.87. The van der Waals surface area contributed by atoms with Gasteiger partial charge in [-0.3, -0.25) is 0 Å². The molecule has 1 atom stereocenters. The molecule has 36 heavy (non-hydrogen) atoms. The highest BCUT2D eigenvalue weighted by Gasteiger charge is 2.18. The number of rotatable bonds is 17. The first-order chi connectivity index (χ1) is 17.4. The summed E-state index contributed by atoms with van der Waals surface area (Å²) in [5, 5.41) is 12.7. The Labute approximate surface area is 218 Å². The Balaban J connectivity index is 1.88. The van der Waals surface area contributed by atoms with Gasteiger partial charge in [0.25, 0.3) is 0 Å². The van der Waals surface area contributed by atoms with Gasteiger partial charge in [0.15, 0.2) is 6.10 Å². The molecule has 198 valence electrons. The molecule has 0 aliphatic carbocycles. The first kappa shape index (κ1) is 29.4. The van der Waals surface area contributed by atoms with Crippen molar-refractivity contribution in [3.63, 3.8) is 0 Å². The molecule has 0 spiro atoms. The van der Waals surface area contributed by atoms with E-state index in [-0.39, 0.29) is 12.5 Å². The molecule has 0 heterocycles. The summed E-state index contributed by atoms with van der Waals surface area (Å²) in [6.07, 6.45) is 2.66. The Morgan fingerprint density at radius 3 is 2.31 bits per heavy atom. The number of anilines is 1. The number of hydrogen-bond acceptors (Lipinski definition) is 5. The van der Waals surface area contributed by atoms with E-state index < -0.39 is 12.1 Å². The Morgan fingerprint density at radius 2 is 1.67 bits per heavy atom. The fourth-order valence-corrected chi connectivity index (χ4v) is 3.54. The van der Waals surface area contributed by atoms with Crippen LogP contribution in [0.3, 0.4) is 0 Å². The van der Waals surface area contributed by atoms with Gasteiger partial charge in [0.2, 0.25) is 0 Å². The predicted molar refractivity (Wildman–Crippen MR) is 141 cm³/mol. The number of unbranched alkanes of at least 4 members (excludes halogenated alkanes) is 2. The second-order valence-electron chi connectivity index (χ2n) is 8.22. The molecule has 0 aliphatic heterocycles. The van der Waals surface area contributed by atoms with Crippen molar-refractivity contribution in [3.8, 4) is 5.75 Å². The van der Waals surface area contributed by atoms with Crippen LogP contribution in [0, 0.1) is 0 Å². The minimum Gasteiger partial charge on any atom is -0.492 e. The lowest BCUT2D eigenvalue weighted by atomic mass is 10.1. The SMILES string of the molecule is CCCCCOCCN(CCOc1ccc(CC(OCC)C(=O)O)cc1)C(=O)Nc1ccc(Cl)cc1. The van der Waals surface area contributed by atoms with E-state index in [1.54, 1.807) is 48.2 Å². The number of carboxylic acid groups (broad SMARTS) is 1. The van der Waals surface area contributed by atoms with E-state index in [2.05, 4.69) is 12.2 Å². The summed E-state index contributed by atoms with van der Waals surface area (Å²) in [6, 6.07) is 13.9. The normalized spacial score (nSPS) is 11.6. The van der Waals surface area contributed by atoms with Gasteiger partial charge >= 0.3 is 12.0 Å². The van der Waals surface area contributed by atoms with Crippen LogP contribution in [-0.4, -0.2) is 67.6 Å². The van der Waals surface area contributed by atoms with Crippen LogP contribution in [-0.2, 0) is 20.7 Å². The molecule has 0 aliphatic rings. The van der Waals surface area contributed by atoms with E-state index in [1.807, 2.05) is 12.1 Å². The third-order valence-electron chi connectivity index (χ3n) is 5.40. The lowest BCUT2D eigenvalue weighted by Crippen LogP contribution is -2.40. The molecule has 0 fully saturated rings. The fourth-order valence-electron chi connectivity index (χ4n) is 3.41. The van der Waals surface area contributed by atoms with Gasteiger partial charge < -0.3 is 29.5 Å². The molecule has 0 saturated carbocycles. The molecular weight excluding hydrogens is 484 g/mol. The van der Waals surface area contributed by atoms with Crippen molar-refractivity contribution in [2.75, 3.05) is 44.8 Å². The lowest BCUT2D eigenvalue weighted by molar-refractivity contribution is -0.149. The topological polar surface area (TPSA) is 97.3 Å². The van der Waals surface area contributed by atoms with Crippen LogP contribution in [0.15, 0.2) is 48.5 Å². The molecule has 9 heteroatoms. The second-order valence-corrected chi connectivity index (χ2v) is 8.66. The zero-order chi connectivity index (χ0) is 26.2. The Kier molecular flexibility index (Phi) is 13.7. The highest BCUT2D eigenvalue weighted by molar-refractivity contribution is 6.30. The molecule has 2 N–H and O–H groups in total. The van der Waals surface area contributed by atoms with Crippen LogP contribution in [0.4, 0.5) is 10.5 Å².